The number of carbonyl (C=O) groups excluding carboxylic acids is 2. The Hall–Kier alpha value is -1.15. The monoisotopic (exact) mass is 307 g/mol. The Morgan fingerprint density at radius 2 is 2.11 bits per heavy atom. The van der Waals surface area contributed by atoms with Crippen LogP contribution in [0, 0.1) is 0 Å². The molecule has 108 valence electrons. The van der Waals surface area contributed by atoms with Crippen molar-refractivity contribution in [3.8, 4) is 0 Å². The molecule has 6 nitrogen and oxygen atoms in total. The molecule has 0 aromatic carbocycles. The van der Waals surface area contributed by atoms with Crippen LogP contribution in [-0.2, 0) is 4.74 Å². The summed E-state index contributed by atoms with van der Waals surface area (Å²) in [5.74, 6) is -0.715. The van der Waals surface area contributed by atoms with Crippen LogP contribution in [0.15, 0.2) is 11.4 Å². The van der Waals surface area contributed by atoms with E-state index in [0.29, 0.717) is 30.1 Å². The van der Waals surface area contributed by atoms with E-state index in [4.69, 9.17) is 10.5 Å². The van der Waals surface area contributed by atoms with Crippen LogP contribution in [0.2, 0.25) is 0 Å². The summed E-state index contributed by atoms with van der Waals surface area (Å²) in [6, 6.07) is 1.50. The first kappa shape index (κ1) is 17.8. The van der Waals surface area contributed by atoms with E-state index in [1.165, 1.54) is 17.4 Å². The number of rotatable bonds is 8. The fourth-order valence-electron chi connectivity index (χ4n) is 1.24. The minimum absolute atomic E-state index is 0. The van der Waals surface area contributed by atoms with Gasteiger partial charge in [0.2, 0.25) is 5.91 Å². The molecule has 0 saturated heterocycles. The smallest absolute Gasteiger partial charge is 0.261 e. The fourth-order valence-corrected chi connectivity index (χ4v) is 2.05. The molecular weight excluding hydrogens is 290 g/mol. The first-order chi connectivity index (χ1) is 8.65. The summed E-state index contributed by atoms with van der Waals surface area (Å²) >= 11 is 1.20. The molecule has 19 heavy (non-hydrogen) atoms. The second kappa shape index (κ2) is 9.74. The maximum atomic E-state index is 11.7. The van der Waals surface area contributed by atoms with E-state index in [2.05, 4.69) is 10.6 Å². The van der Waals surface area contributed by atoms with E-state index in [-0.39, 0.29) is 18.3 Å². The predicted octanol–water partition coefficient (Wildman–Crippen LogP) is 0.235. The normalized spacial score (nSPS) is 9.74. The molecule has 0 aliphatic rings. The van der Waals surface area contributed by atoms with Gasteiger partial charge >= 0.3 is 0 Å². The van der Waals surface area contributed by atoms with Crippen LogP contribution < -0.4 is 16.4 Å². The lowest BCUT2D eigenvalue weighted by Crippen LogP contribution is -2.32. The van der Waals surface area contributed by atoms with E-state index < -0.39 is 5.91 Å². The van der Waals surface area contributed by atoms with Gasteiger partial charge in [-0.1, -0.05) is 0 Å². The number of amides is 2. The zero-order valence-corrected chi connectivity index (χ0v) is 12.2. The highest BCUT2D eigenvalue weighted by molar-refractivity contribution is 7.12. The molecule has 1 aromatic heterocycles. The minimum Gasteiger partial charge on any atom is -0.383 e. The van der Waals surface area contributed by atoms with Gasteiger partial charge in [-0.25, -0.2) is 0 Å². The van der Waals surface area contributed by atoms with Crippen LogP contribution in [0.3, 0.4) is 0 Å². The second-order valence-corrected chi connectivity index (χ2v) is 4.47. The standard InChI is InChI=1S/C11H17N3O3S.ClH/c1-17-5-4-13-2-3-14-11(16)9-6-8(7-18-9)10(12)15;/h6-7,13H,2-5H2,1H3,(H2,12,15)(H,14,16);1H. The molecule has 0 fully saturated rings. The molecule has 2 amide bonds. The van der Waals surface area contributed by atoms with Crippen molar-refractivity contribution >= 4 is 35.6 Å². The van der Waals surface area contributed by atoms with Crippen molar-refractivity contribution in [3.05, 3.63) is 21.9 Å². The third-order valence-electron chi connectivity index (χ3n) is 2.18. The number of methoxy groups -OCH3 is 1. The van der Waals surface area contributed by atoms with Gasteiger partial charge in [-0.05, 0) is 6.07 Å². The van der Waals surface area contributed by atoms with Crippen LogP contribution in [0.4, 0.5) is 0 Å². The Morgan fingerprint density at radius 1 is 1.37 bits per heavy atom. The predicted molar refractivity (Wildman–Crippen MR) is 77.2 cm³/mol. The molecule has 4 N–H and O–H groups in total. The SMILES string of the molecule is COCCNCCNC(=O)c1cc(C(N)=O)cs1.Cl. The van der Waals surface area contributed by atoms with E-state index in [0.717, 1.165) is 6.54 Å². The van der Waals surface area contributed by atoms with Gasteiger partial charge in [0, 0.05) is 32.1 Å². The first-order valence-electron chi connectivity index (χ1n) is 5.51. The highest BCUT2D eigenvalue weighted by atomic mass is 35.5. The maximum absolute atomic E-state index is 11.7. The topological polar surface area (TPSA) is 93.4 Å². The molecular formula is C11H18ClN3O3S. The lowest BCUT2D eigenvalue weighted by atomic mass is 10.3. The summed E-state index contributed by atoms with van der Waals surface area (Å²) in [5, 5.41) is 7.43. The summed E-state index contributed by atoms with van der Waals surface area (Å²) in [5.41, 5.74) is 5.47. The molecule has 0 aliphatic heterocycles. The van der Waals surface area contributed by atoms with Crippen LogP contribution in [0.1, 0.15) is 20.0 Å². The number of nitrogens with one attached hydrogen (secondary N) is 2. The van der Waals surface area contributed by atoms with Gasteiger partial charge < -0.3 is 21.1 Å². The van der Waals surface area contributed by atoms with Gasteiger partial charge in [0.1, 0.15) is 0 Å². The van der Waals surface area contributed by atoms with Crippen molar-refractivity contribution in [2.24, 2.45) is 5.73 Å². The molecule has 0 spiro atoms. The molecule has 0 aliphatic carbocycles. The summed E-state index contributed by atoms with van der Waals surface area (Å²) < 4.78 is 4.87. The Labute approximate surface area is 122 Å². The first-order valence-corrected chi connectivity index (χ1v) is 6.39. The molecule has 0 radical (unpaired) electrons. The van der Waals surface area contributed by atoms with Crippen molar-refractivity contribution in [1.82, 2.24) is 10.6 Å². The lowest BCUT2D eigenvalue weighted by molar-refractivity contribution is 0.0957. The lowest BCUT2D eigenvalue weighted by Gasteiger charge is -2.05. The second-order valence-electron chi connectivity index (χ2n) is 3.56. The highest BCUT2D eigenvalue weighted by Gasteiger charge is 2.10. The summed E-state index contributed by atoms with van der Waals surface area (Å²) in [4.78, 5) is 23.0. The Kier molecular flexibility index (Phi) is 9.15. The number of carbonyl (C=O) groups is 2. The van der Waals surface area contributed by atoms with Gasteiger partial charge in [0.15, 0.2) is 0 Å². The average Bonchev–Trinajstić information content (AvgIpc) is 2.83. The third-order valence-corrected chi connectivity index (χ3v) is 3.11. The van der Waals surface area contributed by atoms with E-state index >= 15 is 0 Å². The Balaban J connectivity index is 0.00000324. The minimum atomic E-state index is -0.522. The Bertz CT molecular complexity index is 412. The quantitative estimate of drug-likeness (QED) is 0.600. The molecule has 0 unspecified atom stereocenters. The van der Waals surface area contributed by atoms with Crippen molar-refractivity contribution in [2.45, 2.75) is 0 Å². The molecule has 1 rings (SSSR count). The van der Waals surface area contributed by atoms with Gasteiger partial charge in [-0.3, -0.25) is 9.59 Å². The van der Waals surface area contributed by atoms with Gasteiger partial charge in [-0.15, -0.1) is 23.7 Å². The number of hydrogen-bond donors (Lipinski definition) is 3. The number of ether oxygens (including phenoxy) is 1. The van der Waals surface area contributed by atoms with Gasteiger partial charge in [0.25, 0.3) is 5.91 Å². The Morgan fingerprint density at radius 3 is 2.68 bits per heavy atom. The zero-order chi connectivity index (χ0) is 13.4. The molecule has 8 heteroatoms. The van der Waals surface area contributed by atoms with Crippen LogP contribution >= 0.6 is 23.7 Å². The van der Waals surface area contributed by atoms with E-state index in [1.807, 2.05) is 0 Å². The molecule has 0 saturated carbocycles. The molecule has 1 aromatic rings. The highest BCUT2D eigenvalue weighted by Crippen LogP contribution is 2.13. The molecule has 0 atom stereocenters. The van der Waals surface area contributed by atoms with Crippen molar-refractivity contribution in [3.63, 3.8) is 0 Å². The number of thiophene rings is 1. The van der Waals surface area contributed by atoms with Crippen molar-refractivity contribution in [1.29, 1.82) is 0 Å². The van der Waals surface area contributed by atoms with Crippen LogP contribution in [0.5, 0.6) is 0 Å². The average molecular weight is 308 g/mol. The van der Waals surface area contributed by atoms with Crippen molar-refractivity contribution in [2.75, 3.05) is 33.4 Å². The third kappa shape index (κ3) is 6.53. The van der Waals surface area contributed by atoms with Crippen LogP contribution in [0.25, 0.3) is 0 Å². The number of hydrogen-bond acceptors (Lipinski definition) is 5. The summed E-state index contributed by atoms with van der Waals surface area (Å²) in [6.45, 7) is 2.58. The van der Waals surface area contributed by atoms with Crippen molar-refractivity contribution < 1.29 is 14.3 Å². The van der Waals surface area contributed by atoms with Gasteiger partial charge in [-0.2, -0.15) is 0 Å². The largest absolute Gasteiger partial charge is 0.383 e. The summed E-state index contributed by atoms with van der Waals surface area (Å²) in [7, 11) is 1.64. The fraction of sp³-hybridized carbons (Fsp3) is 0.455. The van der Waals surface area contributed by atoms with Gasteiger partial charge in [0.05, 0.1) is 17.0 Å². The van der Waals surface area contributed by atoms with Crippen LogP contribution in [-0.4, -0.2) is 45.2 Å². The molecule has 0 bridgehead atoms. The number of nitrogens with two attached hydrogens (primary N) is 1. The van der Waals surface area contributed by atoms with E-state index in [1.54, 1.807) is 12.5 Å². The maximum Gasteiger partial charge on any atom is 0.261 e. The summed E-state index contributed by atoms with van der Waals surface area (Å²) in [6.07, 6.45) is 0. The molecule has 1 heterocycles. The number of primary amides is 1. The number of halogens is 1. The zero-order valence-electron chi connectivity index (χ0n) is 10.6. The van der Waals surface area contributed by atoms with E-state index in [9.17, 15) is 9.59 Å².